The summed E-state index contributed by atoms with van der Waals surface area (Å²) >= 11 is 0. The van der Waals surface area contributed by atoms with Gasteiger partial charge in [0.25, 0.3) is 0 Å². The molecule has 0 amide bonds. The van der Waals surface area contributed by atoms with Crippen LogP contribution in [0.3, 0.4) is 0 Å². The van der Waals surface area contributed by atoms with E-state index in [4.69, 9.17) is 9.72 Å². The molecule has 2 aliphatic rings. The van der Waals surface area contributed by atoms with Crippen LogP contribution in [0.5, 0.6) is 0 Å². The lowest BCUT2D eigenvalue weighted by Gasteiger charge is -2.36. The van der Waals surface area contributed by atoms with E-state index in [0.717, 1.165) is 50.3 Å². The van der Waals surface area contributed by atoms with Crippen molar-refractivity contribution in [1.82, 2.24) is 10.3 Å². The van der Waals surface area contributed by atoms with Crippen molar-refractivity contribution >= 4 is 5.82 Å². The molecule has 1 unspecified atom stereocenters. The Balaban J connectivity index is 1.69. The monoisotopic (exact) mass is 261 g/mol. The van der Waals surface area contributed by atoms with Gasteiger partial charge in [-0.05, 0) is 31.4 Å². The van der Waals surface area contributed by atoms with Crippen LogP contribution in [-0.4, -0.2) is 36.8 Å². The molecule has 1 saturated carbocycles. The molecule has 3 rings (SSSR count). The molecule has 19 heavy (non-hydrogen) atoms. The van der Waals surface area contributed by atoms with Gasteiger partial charge in [-0.1, -0.05) is 13.0 Å². The van der Waals surface area contributed by atoms with Gasteiger partial charge in [0.05, 0.1) is 24.9 Å². The fourth-order valence-electron chi connectivity index (χ4n) is 2.56. The number of ether oxygens (including phenoxy) is 1. The van der Waals surface area contributed by atoms with E-state index in [1.165, 1.54) is 12.8 Å². The highest BCUT2D eigenvalue weighted by molar-refractivity contribution is 5.41. The van der Waals surface area contributed by atoms with Crippen molar-refractivity contribution in [2.45, 2.75) is 44.8 Å². The summed E-state index contributed by atoms with van der Waals surface area (Å²) in [5.74, 6) is 1.10. The van der Waals surface area contributed by atoms with E-state index < -0.39 is 0 Å². The zero-order valence-electron chi connectivity index (χ0n) is 11.6. The molecule has 1 aliphatic carbocycles. The van der Waals surface area contributed by atoms with E-state index in [1.807, 2.05) is 0 Å². The van der Waals surface area contributed by atoms with Crippen LogP contribution in [0.4, 0.5) is 5.82 Å². The smallest absolute Gasteiger partial charge is 0.129 e. The molecule has 2 fully saturated rings. The summed E-state index contributed by atoms with van der Waals surface area (Å²) < 4.78 is 5.56. The van der Waals surface area contributed by atoms with Crippen LogP contribution in [0.25, 0.3) is 0 Å². The van der Waals surface area contributed by atoms with Crippen molar-refractivity contribution < 1.29 is 4.74 Å². The lowest BCUT2D eigenvalue weighted by atomic mass is 10.1. The lowest BCUT2D eigenvalue weighted by Crippen LogP contribution is -2.45. The molecule has 1 aromatic heterocycles. The Hall–Kier alpha value is -1.13. The molecule has 1 saturated heterocycles. The van der Waals surface area contributed by atoms with Crippen molar-refractivity contribution in [2.75, 3.05) is 24.7 Å². The van der Waals surface area contributed by atoms with Gasteiger partial charge in [-0.15, -0.1) is 0 Å². The van der Waals surface area contributed by atoms with Crippen LogP contribution in [0.2, 0.25) is 0 Å². The molecule has 0 spiro atoms. The third-order valence-corrected chi connectivity index (χ3v) is 3.93. The summed E-state index contributed by atoms with van der Waals surface area (Å²) in [6.45, 7) is 5.68. The summed E-state index contributed by atoms with van der Waals surface area (Å²) in [6, 6.07) is 7.55. The Morgan fingerprint density at radius 2 is 2.32 bits per heavy atom. The van der Waals surface area contributed by atoms with Gasteiger partial charge in [0.2, 0.25) is 0 Å². The fourth-order valence-corrected chi connectivity index (χ4v) is 2.56. The first-order valence-corrected chi connectivity index (χ1v) is 7.40. The molecule has 104 valence electrons. The van der Waals surface area contributed by atoms with E-state index >= 15 is 0 Å². The van der Waals surface area contributed by atoms with Crippen LogP contribution in [-0.2, 0) is 11.3 Å². The number of anilines is 1. The summed E-state index contributed by atoms with van der Waals surface area (Å²) in [6.07, 6.45) is 3.74. The Bertz CT molecular complexity index is 420. The third-order valence-electron chi connectivity index (χ3n) is 3.93. The SMILES string of the molecule is CCC1COCCN1c1cccc(CNC2CC2)n1. The molecular weight excluding hydrogens is 238 g/mol. The number of nitrogens with zero attached hydrogens (tertiary/aromatic N) is 2. The number of aromatic nitrogens is 1. The maximum Gasteiger partial charge on any atom is 0.129 e. The Kier molecular flexibility index (Phi) is 3.99. The van der Waals surface area contributed by atoms with E-state index in [2.05, 4.69) is 35.3 Å². The maximum atomic E-state index is 5.56. The Labute approximate surface area is 115 Å². The second kappa shape index (κ2) is 5.88. The second-order valence-electron chi connectivity index (χ2n) is 5.47. The van der Waals surface area contributed by atoms with Crippen molar-refractivity contribution in [1.29, 1.82) is 0 Å². The zero-order valence-corrected chi connectivity index (χ0v) is 11.6. The Morgan fingerprint density at radius 3 is 3.11 bits per heavy atom. The van der Waals surface area contributed by atoms with E-state index in [9.17, 15) is 0 Å². The summed E-state index contributed by atoms with van der Waals surface area (Å²) in [5.41, 5.74) is 1.14. The first kappa shape index (κ1) is 12.9. The van der Waals surface area contributed by atoms with Crippen LogP contribution in [0, 0.1) is 0 Å². The third kappa shape index (κ3) is 3.25. The number of hydrogen-bond acceptors (Lipinski definition) is 4. The molecule has 1 N–H and O–H groups in total. The number of pyridine rings is 1. The predicted molar refractivity (Wildman–Crippen MR) is 76.3 cm³/mol. The molecule has 1 aliphatic heterocycles. The second-order valence-corrected chi connectivity index (χ2v) is 5.47. The highest BCUT2D eigenvalue weighted by atomic mass is 16.5. The van der Waals surface area contributed by atoms with Gasteiger partial charge in [0.15, 0.2) is 0 Å². The minimum absolute atomic E-state index is 0.466. The largest absolute Gasteiger partial charge is 0.377 e. The van der Waals surface area contributed by atoms with Gasteiger partial charge >= 0.3 is 0 Å². The highest BCUT2D eigenvalue weighted by Crippen LogP contribution is 2.21. The summed E-state index contributed by atoms with van der Waals surface area (Å²) in [7, 11) is 0. The van der Waals surface area contributed by atoms with Crippen LogP contribution in [0.1, 0.15) is 31.9 Å². The normalized spacial score (nSPS) is 23.6. The topological polar surface area (TPSA) is 37.4 Å². The quantitative estimate of drug-likeness (QED) is 0.879. The van der Waals surface area contributed by atoms with Gasteiger partial charge in [-0.3, -0.25) is 0 Å². The molecule has 4 nitrogen and oxygen atoms in total. The van der Waals surface area contributed by atoms with Gasteiger partial charge < -0.3 is 15.0 Å². The van der Waals surface area contributed by atoms with Crippen LogP contribution in [0.15, 0.2) is 18.2 Å². The van der Waals surface area contributed by atoms with Crippen molar-refractivity contribution in [3.63, 3.8) is 0 Å². The number of hydrogen-bond donors (Lipinski definition) is 1. The summed E-state index contributed by atoms with van der Waals surface area (Å²) in [5, 5.41) is 3.52. The first-order valence-electron chi connectivity index (χ1n) is 7.40. The standard InChI is InChI=1S/C15H23N3O/c1-2-14-11-19-9-8-18(14)15-5-3-4-13(17-15)10-16-12-6-7-12/h3-5,12,14,16H,2,6-11H2,1H3. The molecule has 0 aromatic carbocycles. The molecule has 1 aromatic rings. The van der Waals surface area contributed by atoms with Gasteiger partial charge in [-0.2, -0.15) is 0 Å². The zero-order chi connectivity index (χ0) is 13.1. The van der Waals surface area contributed by atoms with Crippen LogP contribution < -0.4 is 10.2 Å². The number of nitrogens with one attached hydrogen (secondary N) is 1. The number of morpholine rings is 1. The molecule has 1 atom stereocenters. The molecular formula is C15H23N3O. The van der Waals surface area contributed by atoms with E-state index in [1.54, 1.807) is 0 Å². The van der Waals surface area contributed by atoms with Crippen molar-refractivity contribution in [3.8, 4) is 0 Å². The first-order chi connectivity index (χ1) is 9.36. The van der Waals surface area contributed by atoms with Crippen molar-refractivity contribution in [3.05, 3.63) is 23.9 Å². The van der Waals surface area contributed by atoms with Crippen molar-refractivity contribution in [2.24, 2.45) is 0 Å². The average Bonchev–Trinajstić information content (AvgIpc) is 3.29. The number of rotatable bonds is 5. The van der Waals surface area contributed by atoms with E-state index in [0.29, 0.717) is 6.04 Å². The van der Waals surface area contributed by atoms with Gasteiger partial charge in [0, 0.05) is 19.1 Å². The average molecular weight is 261 g/mol. The molecule has 4 heteroatoms. The molecule has 2 heterocycles. The van der Waals surface area contributed by atoms with E-state index in [-0.39, 0.29) is 0 Å². The predicted octanol–water partition coefficient (Wildman–Crippen LogP) is 1.95. The molecule has 0 radical (unpaired) electrons. The lowest BCUT2D eigenvalue weighted by molar-refractivity contribution is 0.0925. The van der Waals surface area contributed by atoms with Gasteiger partial charge in [0.1, 0.15) is 5.82 Å². The maximum absolute atomic E-state index is 5.56. The van der Waals surface area contributed by atoms with Crippen LogP contribution >= 0.6 is 0 Å². The highest BCUT2D eigenvalue weighted by Gasteiger charge is 2.23. The molecule has 0 bridgehead atoms. The van der Waals surface area contributed by atoms with Gasteiger partial charge in [-0.25, -0.2) is 4.98 Å². The minimum atomic E-state index is 0.466. The summed E-state index contributed by atoms with van der Waals surface area (Å²) in [4.78, 5) is 7.20. The Morgan fingerprint density at radius 1 is 1.42 bits per heavy atom. The fraction of sp³-hybridized carbons (Fsp3) is 0.667. The minimum Gasteiger partial charge on any atom is -0.377 e.